The van der Waals surface area contributed by atoms with Crippen LogP contribution in [0.3, 0.4) is 0 Å². The maximum absolute atomic E-state index is 12.0. The van der Waals surface area contributed by atoms with Gasteiger partial charge in [-0.25, -0.2) is 0 Å². The summed E-state index contributed by atoms with van der Waals surface area (Å²) < 4.78 is 4.79. The Balaban J connectivity index is 2.31. The zero-order chi connectivity index (χ0) is 12.7. The number of esters is 1. The normalized spacial score (nSPS) is 17.8. The van der Waals surface area contributed by atoms with E-state index in [1.165, 1.54) is 0 Å². The quantitative estimate of drug-likeness (QED) is 0.667. The fourth-order valence-electron chi connectivity index (χ4n) is 2.27. The Bertz CT molecular complexity index is 273. The molecule has 0 radical (unpaired) electrons. The number of hydrogen-bond acceptors (Lipinski definition) is 4. The fraction of sp³-hybridized carbons (Fsp3) is 0.833. The van der Waals surface area contributed by atoms with Crippen LogP contribution in [0.1, 0.15) is 39.0 Å². The van der Waals surface area contributed by atoms with Gasteiger partial charge in [-0.05, 0) is 19.8 Å². The average molecular weight is 242 g/mol. The number of carbonyl (C=O) groups is 2. The summed E-state index contributed by atoms with van der Waals surface area (Å²) in [7, 11) is 0. The highest BCUT2D eigenvalue weighted by Crippen LogP contribution is 2.37. The second-order valence-electron chi connectivity index (χ2n) is 4.50. The predicted molar refractivity (Wildman–Crippen MR) is 64.2 cm³/mol. The molecule has 1 aliphatic rings. The maximum atomic E-state index is 12.0. The Labute approximate surface area is 102 Å². The van der Waals surface area contributed by atoms with Gasteiger partial charge in [-0.3, -0.25) is 9.59 Å². The first kappa shape index (κ1) is 14.0. The van der Waals surface area contributed by atoms with Crippen LogP contribution < -0.4 is 11.1 Å². The van der Waals surface area contributed by atoms with E-state index in [2.05, 4.69) is 5.32 Å². The molecule has 0 unspecified atom stereocenters. The van der Waals surface area contributed by atoms with Gasteiger partial charge in [-0.2, -0.15) is 0 Å². The van der Waals surface area contributed by atoms with Crippen molar-refractivity contribution >= 4 is 11.9 Å². The molecule has 0 saturated heterocycles. The van der Waals surface area contributed by atoms with Crippen LogP contribution in [-0.2, 0) is 14.3 Å². The summed E-state index contributed by atoms with van der Waals surface area (Å²) in [4.78, 5) is 23.1. The molecule has 1 saturated carbocycles. The Morgan fingerprint density at radius 3 is 2.53 bits per heavy atom. The minimum Gasteiger partial charge on any atom is -0.466 e. The van der Waals surface area contributed by atoms with Crippen molar-refractivity contribution in [3.05, 3.63) is 0 Å². The minimum absolute atomic E-state index is 0.0122. The topological polar surface area (TPSA) is 81.4 Å². The van der Waals surface area contributed by atoms with Crippen LogP contribution in [0.4, 0.5) is 0 Å². The van der Waals surface area contributed by atoms with Crippen molar-refractivity contribution in [2.24, 2.45) is 11.1 Å². The largest absolute Gasteiger partial charge is 0.466 e. The first-order valence-corrected chi connectivity index (χ1v) is 6.28. The molecular weight excluding hydrogens is 220 g/mol. The highest BCUT2D eigenvalue weighted by molar-refractivity contribution is 5.83. The molecule has 0 aliphatic heterocycles. The van der Waals surface area contributed by atoms with E-state index < -0.39 is 5.41 Å². The van der Waals surface area contributed by atoms with Crippen LogP contribution in [-0.4, -0.2) is 31.6 Å². The lowest BCUT2D eigenvalue weighted by Crippen LogP contribution is -2.44. The SMILES string of the molecule is CCOC(=O)CCNC(=O)C1(CN)CCCC1. The summed E-state index contributed by atoms with van der Waals surface area (Å²) in [5.41, 5.74) is 5.30. The molecule has 0 bridgehead atoms. The second-order valence-corrected chi connectivity index (χ2v) is 4.50. The third-order valence-corrected chi connectivity index (χ3v) is 3.35. The van der Waals surface area contributed by atoms with Crippen molar-refractivity contribution < 1.29 is 14.3 Å². The molecule has 98 valence electrons. The Morgan fingerprint density at radius 1 is 1.35 bits per heavy atom. The van der Waals surface area contributed by atoms with E-state index in [0.717, 1.165) is 25.7 Å². The lowest BCUT2D eigenvalue weighted by Gasteiger charge is -2.25. The molecule has 3 N–H and O–H groups in total. The zero-order valence-corrected chi connectivity index (χ0v) is 10.5. The molecule has 0 atom stereocenters. The Morgan fingerprint density at radius 2 is 2.00 bits per heavy atom. The fourth-order valence-corrected chi connectivity index (χ4v) is 2.27. The lowest BCUT2D eigenvalue weighted by molar-refractivity contribution is -0.143. The molecule has 1 fully saturated rings. The average Bonchev–Trinajstić information content (AvgIpc) is 2.79. The van der Waals surface area contributed by atoms with Crippen molar-refractivity contribution in [2.45, 2.75) is 39.0 Å². The van der Waals surface area contributed by atoms with E-state index in [1.807, 2.05) is 0 Å². The van der Waals surface area contributed by atoms with Crippen molar-refractivity contribution in [1.29, 1.82) is 0 Å². The summed E-state index contributed by atoms with van der Waals surface area (Å²) in [5.74, 6) is -0.289. The van der Waals surface area contributed by atoms with Gasteiger partial charge in [0.1, 0.15) is 0 Å². The van der Waals surface area contributed by atoms with Crippen molar-refractivity contribution in [3.63, 3.8) is 0 Å². The molecule has 1 aliphatic carbocycles. The van der Waals surface area contributed by atoms with Gasteiger partial charge < -0.3 is 15.8 Å². The van der Waals surface area contributed by atoms with Crippen molar-refractivity contribution in [3.8, 4) is 0 Å². The van der Waals surface area contributed by atoms with E-state index in [1.54, 1.807) is 6.92 Å². The molecule has 0 aromatic rings. The smallest absolute Gasteiger partial charge is 0.307 e. The third kappa shape index (κ3) is 3.70. The molecule has 0 aromatic carbocycles. The molecule has 0 aromatic heterocycles. The van der Waals surface area contributed by atoms with Crippen LogP contribution in [0.5, 0.6) is 0 Å². The minimum atomic E-state index is -0.394. The number of hydrogen-bond donors (Lipinski definition) is 2. The first-order valence-electron chi connectivity index (χ1n) is 6.28. The third-order valence-electron chi connectivity index (χ3n) is 3.35. The number of carbonyl (C=O) groups excluding carboxylic acids is 2. The van der Waals surface area contributed by atoms with Gasteiger partial charge in [0.2, 0.25) is 5.91 Å². The van der Waals surface area contributed by atoms with E-state index in [4.69, 9.17) is 10.5 Å². The molecule has 1 amide bonds. The van der Waals surface area contributed by atoms with E-state index in [0.29, 0.717) is 19.7 Å². The molecule has 5 nitrogen and oxygen atoms in total. The van der Waals surface area contributed by atoms with Crippen molar-refractivity contribution in [2.75, 3.05) is 19.7 Å². The monoisotopic (exact) mass is 242 g/mol. The molecular formula is C12H22N2O3. The van der Waals surface area contributed by atoms with Gasteiger partial charge in [0.25, 0.3) is 0 Å². The predicted octanol–water partition coefficient (Wildman–Crippen LogP) is 0.575. The number of nitrogens with two attached hydrogens (primary N) is 1. The zero-order valence-electron chi connectivity index (χ0n) is 10.5. The van der Waals surface area contributed by atoms with Gasteiger partial charge in [0, 0.05) is 13.1 Å². The molecule has 0 spiro atoms. The molecule has 17 heavy (non-hydrogen) atoms. The standard InChI is InChI=1S/C12H22N2O3/c1-2-17-10(15)5-8-14-11(16)12(9-13)6-3-4-7-12/h2-9,13H2,1H3,(H,14,16). The summed E-state index contributed by atoms with van der Waals surface area (Å²) in [6.07, 6.45) is 4.05. The van der Waals surface area contributed by atoms with Crippen LogP contribution in [0.15, 0.2) is 0 Å². The summed E-state index contributed by atoms with van der Waals surface area (Å²) in [6.45, 7) is 2.86. The summed E-state index contributed by atoms with van der Waals surface area (Å²) in [6, 6.07) is 0. The summed E-state index contributed by atoms with van der Waals surface area (Å²) >= 11 is 0. The molecule has 5 heteroatoms. The lowest BCUT2D eigenvalue weighted by atomic mass is 9.85. The first-order chi connectivity index (χ1) is 8.14. The van der Waals surface area contributed by atoms with Crippen molar-refractivity contribution in [1.82, 2.24) is 5.32 Å². The number of amides is 1. The second kappa shape index (κ2) is 6.59. The highest BCUT2D eigenvalue weighted by atomic mass is 16.5. The molecule has 0 heterocycles. The van der Waals surface area contributed by atoms with Gasteiger partial charge in [-0.1, -0.05) is 12.8 Å². The van der Waals surface area contributed by atoms with E-state index in [-0.39, 0.29) is 18.3 Å². The van der Waals surface area contributed by atoms with Gasteiger partial charge in [0.15, 0.2) is 0 Å². The maximum Gasteiger partial charge on any atom is 0.307 e. The van der Waals surface area contributed by atoms with Gasteiger partial charge in [0.05, 0.1) is 18.4 Å². The number of nitrogens with one attached hydrogen (secondary N) is 1. The number of rotatable bonds is 6. The molecule has 1 rings (SSSR count). The van der Waals surface area contributed by atoms with Crippen LogP contribution >= 0.6 is 0 Å². The number of ether oxygens (including phenoxy) is 1. The van der Waals surface area contributed by atoms with Crippen LogP contribution in [0.2, 0.25) is 0 Å². The Hall–Kier alpha value is -1.10. The van der Waals surface area contributed by atoms with E-state index >= 15 is 0 Å². The van der Waals surface area contributed by atoms with Crippen LogP contribution in [0.25, 0.3) is 0 Å². The summed E-state index contributed by atoms with van der Waals surface area (Å²) in [5, 5.41) is 2.79. The Kier molecular flexibility index (Phi) is 5.41. The van der Waals surface area contributed by atoms with Crippen LogP contribution in [0, 0.1) is 5.41 Å². The van der Waals surface area contributed by atoms with E-state index in [9.17, 15) is 9.59 Å². The highest BCUT2D eigenvalue weighted by Gasteiger charge is 2.39. The van der Waals surface area contributed by atoms with Gasteiger partial charge >= 0.3 is 5.97 Å². The van der Waals surface area contributed by atoms with Gasteiger partial charge in [-0.15, -0.1) is 0 Å².